The van der Waals surface area contributed by atoms with Gasteiger partial charge in [-0.1, -0.05) is 0 Å². The molecule has 2 aliphatic rings. The Morgan fingerprint density at radius 3 is 3.00 bits per heavy atom. The summed E-state index contributed by atoms with van der Waals surface area (Å²) in [6.45, 7) is 3.72. The summed E-state index contributed by atoms with van der Waals surface area (Å²) in [4.78, 5) is 24.7. The highest BCUT2D eigenvalue weighted by Gasteiger charge is 2.35. The third-order valence-corrected chi connectivity index (χ3v) is 3.70. The minimum atomic E-state index is -0.223. The Morgan fingerprint density at radius 2 is 2.25 bits per heavy atom. The van der Waals surface area contributed by atoms with Gasteiger partial charge in [-0.25, -0.2) is 4.79 Å². The Kier molecular flexibility index (Phi) is 3.46. The number of ether oxygens (including phenoxy) is 1. The van der Waals surface area contributed by atoms with Crippen LogP contribution in [0.5, 0.6) is 0 Å². The van der Waals surface area contributed by atoms with E-state index in [1.807, 2.05) is 6.92 Å². The molecule has 16 heavy (non-hydrogen) atoms. The van der Waals surface area contributed by atoms with E-state index >= 15 is 0 Å². The van der Waals surface area contributed by atoms with E-state index in [1.54, 1.807) is 4.90 Å². The van der Waals surface area contributed by atoms with E-state index < -0.39 is 0 Å². The van der Waals surface area contributed by atoms with Gasteiger partial charge in [0.05, 0.1) is 6.61 Å². The van der Waals surface area contributed by atoms with Crippen LogP contribution in [0.3, 0.4) is 0 Å². The van der Waals surface area contributed by atoms with E-state index in [1.165, 1.54) is 0 Å². The monoisotopic (exact) mass is 225 g/mol. The Balaban J connectivity index is 1.92. The number of Topliss-reactive ketones (excluding diaryl/α,β-unsaturated/α-hetero) is 1. The molecule has 0 spiro atoms. The standard InChI is InChI=1S/C12H19NO3/c1-2-16-12(15)13-6-5-9-3-4-11(14)7-10(9)8-13/h9-10H,2-8H2,1H3/t9-,10+/m0/s1. The van der Waals surface area contributed by atoms with Crippen LogP contribution in [0, 0.1) is 11.8 Å². The molecule has 2 rings (SSSR count). The van der Waals surface area contributed by atoms with Gasteiger partial charge in [0.1, 0.15) is 5.78 Å². The van der Waals surface area contributed by atoms with E-state index in [9.17, 15) is 9.59 Å². The number of carbonyl (C=O) groups is 2. The number of hydrogen-bond donors (Lipinski definition) is 0. The second-order valence-corrected chi connectivity index (χ2v) is 4.74. The van der Waals surface area contributed by atoms with Crippen LogP contribution in [0.4, 0.5) is 4.79 Å². The van der Waals surface area contributed by atoms with Gasteiger partial charge in [-0.3, -0.25) is 4.79 Å². The number of carbonyl (C=O) groups excluding carboxylic acids is 2. The lowest BCUT2D eigenvalue weighted by molar-refractivity contribution is -0.123. The molecular weight excluding hydrogens is 206 g/mol. The molecule has 0 aromatic rings. The molecule has 1 aliphatic carbocycles. The summed E-state index contributed by atoms with van der Waals surface area (Å²) in [7, 11) is 0. The van der Waals surface area contributed by atoms with Gasteiger partial charge in [0.2, 0.25) is 0 Å². The van der Waals surface area contributed by atoms with Crippen LogP contribution in [0.25, 0.3) is 0 Å². The summed E-state index contributed by atoms with van der Waals surface area (Å²) in [5, 5.41) is 0. The second-order valence-electron chi connectivity index (χ2n) is 4.74. The summed E-state index contributed by atoms with van der Waals surface area (Å²) < 4.78 is 4.99. The van der Waals surface area contributed by atoms with E-state index in [0.29, 0.717) is 37.2 Å². The fraction of sp³-hybridized carbons (Fsp3) is 0.833. The molecule has 0 N–H and O–H groups in total. The molecule has 2 atom stereocenters. The van der Waals surface area contributed by atoms with Crippen LogP contribution >= 0.6 is 0 Å². The maximum Gasteiger partial charge on any atom is 0.409 e. The van der Waals surface area contributed by atoms with Gasteiger partial charge in [-0.2, -0.15) is 0 Å². The fourth-order valence-corrected chi connectivity index (χ4v) is 2.81. The number of fused-ring (bicyclic) bond motifs is 1. The van der Waals surface area contributed by atoms with Crippen molar-refractivity contribution in [2.75, 3.05) is 19.7 Å². The average molecular weight is 225 g/mol. The van der Waals surface area contributed by atoms with Crippen molar-refractivity contribution in [3.05, 3.63) is 0 Å². The van der Waals surface area contributed by atoms with E-state index in [2.05, 4.69) is 0 Å². The first-order chi connectivity index (χ1) is 7.70. The molecule has 4 nitrogen and oxygen atoms in total. The Morgan fingerprint density at radius 1 is 1.44 bits per heavy atom. The van der Waals surface area contributed by atoms with Crippen molar-refractivity contribution in [1.82, 2.24) is 4.90 Å². The molecule has 0 bridgehead atoms. The molecule has 4 heteroatoms. The lowest BCUT2D eigenvalue weighted by Crippen LogP contribution is -2.46. The molecular formula is C12H19NO3. The minimum absolute atomic E-state index is 0.223. The molecule has 2 fully saturated rings. The molecule has 1 saturated carbocycles. The quantitative estimate of drug-likeness (QED) is 0.684. The van der Waals surface area contributed by atoms with Gasteiger partial charge >= 0.3 is 6.09 Å². The topological polar surface area (TPSA) is 46.6 Å². The molecule has 90 valence electrons. The number of hydrogen-bond acceptors (Lipinski definition) is 3. The number of piperidine rings is 1. The maximum absolute atomic E-state index is 11.6. The lowest BCUT2D eigenvalue weighted by Gasteiger charge is -2.40. The van der Waals surface area contributed by atoms with Crippen molar-refractivity contribution in [2.24, 2.45) is 11.8 Å². The number of amides is 1. The minimum Gasteiger partial charge on any atom is -0.450 e. The molecule has 1 amide bonds. The Labute approximate surface area is 95.9 Å². The number of rotatable bonds is 1. The van der Waals surface area contributed by atoms with Crippen LogP contribution in [0.15, 0.2) is 0 Å². The zero-order valence-corrected chi connectivity index (χ0v) is 9.78. The van der Waals surface area contributed by atoms with Crippen molar-refractivity contribution in [2.45, 2.75) is 32.6 Å². The second kappa shape index (κ2) is 4.85. The zero-order chi connectivity index (χ0) is 11.5. The van der Waals surface area contributed by atoms with Crippen molar-refractivity contribution in [3.63, 3.8) is 0 Å². The summed E-state index contributed by atoms with van der Waals surface area (Å²) in [6.07, 6.45) is 3.21. The molecule has 0 unspecified atom stereocenters. The molecule has 1 heterocycles. The van der Waals surface area contributed by atoms with Crippen LogP contribution in [-0.4, -0.2) is 36.5 Å². The van der Waals surface area contributed by atoms with E-state index in [0.717, 1.165) is 25.8 Å². The normalized spacial score (nSPS) is 29.8. The third-order valence-electron chi connectivity index (χ3n) is 3.70. The van der Waals surface area contributed by atoms with Gasteiger partial charge < -0.3 is 9.64 Å². The smallest absolute Gasteiger partial charge is 0.409 e. The Hall–Kier alpha value is -1.06. The maximum atomic E-state index is 11.6. The first-order valence-electron chi connectivity index (χ1n) is 6.14. The van der Waals surface area contributed by atoms with Gasteiger partial charge in [0.25, 0.3) is 0 Å². The third kappa shape index (κ3) is 2.36. The average Bonchev–Trinajstić information content (AvgIpc) is 2.28. The summed E-state index contributed by atoms with van der Waals surface area (Å²) in [5.74, 6) is 1.37. The van der Waals surface area contributed by atoms with Crippen LogP contribution < -0.4 is 0 Å². The van der Waals surface area contributed by atoms with Gasteiger partial charge in [-0.05, 0) is 31.6 Å². The molecule has 0 radical (unpaired) electrons. The predicted molar refractivity (Wildman–Crippen MR) is 59.1 cm³/mol. The predicted octanol–water partition coefficient (Wildman–Crippen LogP) is 1.83. The first kappa shape index (κ1) is 11.4. The fourth-order valence-electron chi connectivity index (χ4n) is 2.81. The van der Waals surface area contributed by atoms with E-state index in [-0.39, 0.29) is 6.09 Å². The van der Waals surface area contributed by atoms with Gasteiger partial charge in [0, 0.05) is 25.9 Å². The van der Waals surface area contributed by atoms with E-state index in [4.69, 9.17) is 4.74 Å². The Bertz CT molecular complexity index is 290. The number of ketones is 1. The molecule has 1 aliphatic heterocycles. The SMILES string of the molecule is CCOC(=O)N1CC[C@@H]2CCC(=O)C[C@@H]2C1. The van der Waals surface area contributed by atoms with Crippen molar-refractivity contribution >= 4 is 11.9 Å². The summed E-state index contributed by atoms with van der Waals surface area (Å²) in [6, 6.07) is 0. The van der Waals surface area contributed by atoms with Crippen molar-refractivity contribution in [1.29, 1.82) is 0 Å². The van der Waals surface area contributed by atoms with Crippen LogP contribution in [0.2, 0.25) is 0 Å². The number of likely N-dealkylation sites (tertiary alicyclic amines) is 1. The van der Waals surface area contributed by atoms with Crippen molar-refractivity contribution in [3.8, 4) is 0 Å². The van der Waals surface area contributed by atoms with Crippen LogP contribution in [-0.2, 0) is 9.53 Å². The highest BCUT2D eigenvalue weighted by atomic mass is 16.6. The zero-order valence-electron chi connectivity index (χ0n) is 9.78. The lowest BCUT2D eigenvalue weighted by atomic mass is 9.75. The largest absolute Gasteiger partial charge is 0.450 e. The highest BCUT2D eigenvalue weighted by Crippen LogP contribution is 2.34. The number of nitrogens with zero attached hydrogens (tertiary/aromatic N) is 1. The summed E-state index contributed by atoms with van der Waals surface area (Å²) in [5.41, 5.74) is 0. The van der Waals surface area contributed by atoms with Gasteiger partial charge in [-0.15, -0.1) is 0 Å². The molecule has 0 aromatic carbocycles. The molecule has 1 saturated heterocycles. The first-order valence-corrected chi connectivity index (χ1v) is 6.14. The molecule has 0 aromatic heterocycles. The summed E-state index contributed by atoms with van der Waals surface area (Å²) >= 11 is 0. The van der Waals surface area contributed by atoms with Gasteiger partial charge in [0.15, 0.2) is 0 Å². The van der Waals surface area contributed by atoms with Crippen molar-refractivity contribution < 1.29 is 14.3 Å². The van der Waals surface area contributed by atoms with Crippen LogP contribution in [0.1, 0.15) is 32.6 Å². The highest BCUT2D eigenvalue weighted by molar-refractivity contribution is 5.79.